The molecule has 0 saturated carbocycles. The van der Waals surface area contributed by atoms with Gasteiger partial charge < -0.3 is 15.3 Å². The van der Waals surface area contributed by atoms with E-state index in [-0.39, 0.29) is 17.7 Å². The summed E-state index contributed by atoms with van der Waals surface area (Å²) < 4.78 is 0. The first-order chi connectivity index (χ1) is 18.1. The van der Waals surface area contributed by atoms with Gasteiger partial charge in [-0.15, -0.1) is 11.3 Å². The van der Waals surface area contributed by atoms with Crippen molar-refractivity contribution in [1.82, 2.24) is 9.88 Å². The van der Waals surface area contributed by atoms with Gasteiger partial charge in [-0.25, -0.2) is 4.98 Å². The summed E-state index contributed by atoms with van der Waals surface area (Å²) in [5.41, 5.74) is 4.08. The number of amides is 2. The molecule has 0 bridgehead atoms. The highest BCUT2D eigenvalue weighted by atomic mass is 32.1. The highest BCUT2D eigenvalue weighted by molar-refractivity contribution is 7.10. The van der Waals surface area contributed by atoms with Crippen molar-refractivity contribution in [2.75, 3.05) is 18.4 Å². The Bertz CT molecular complexity index is 1350. The Kier molecular flexibility index (Phi) is 7.73. The van der Waals surface area contributed by atoms with E-state index in [2.05, 4.69) is 10.3 Å². The first-order valence-electron chi connectivity index (χ1n) is 12.5. The Labute approximate surface area is 220 Å². The standard InChI is InChI=1S/C30H29N3O3S/c34-27(19-21-9-3-1-4-10-21)30(36)33-17-15-23(16-18-33)29-32-26(20-37-29)28(35)31-25-14-8-7-13-24(25)22-11-5-2-6-12-22/h1-14,20,23,27,34H,15-19H2,(H,31,35)/t27-/m1/s1. The Balaban J connectivity index is 1.18. The van der Waals surface area contributed by atoms with Crippen molar-refractivity contribution < 1.29 is 14.7 Å². The Morgan fingerprint density at radius 1 is 0.946 bits per heavy atom. The molecule has 1 atom stereocenters. The molecule has 3 aromatic carbocycles. The maximum Gasteiger partial charge on any atom is 0.275 e. The lowest BCUT2D eigenvalue weighted by atomic mass is 9.96. The average molecular weight is 512 g/mol. The van der Waals surface area contributed by atoms with Crippen LogP contribution >= 0.6 is 11.3 Å². The Morgan fingerprint density at radius 2 is 1.59 bits per heavy atom. The molecule has 1 aliphatic rings. The van der Waals surface area contributed by atoms with Gasteiger partial charge in [0.15, 0.2) is 0 Å². The summed E-state index contributed by atoms with van der Waals surface area (Å²) in [6, 6.07) is 27.3. The molecule has 1 fully saturated rings. The number of thiazole rings is 1. The number of aliphatic hydroxyl groups excluding tert-OH is 1. The zero-order chi connectivity index (χ0) is 25.6. The second kappa shape index (κ2) is 11.5. The van der Waals surface area contributed by atoms with Crippen LogP contribution < -0.4 is 5.32 Å². The molecule has 7 heteroatoms. The maximum atomic E-state index is 13.0. The van der Waals surface area contributed by atoms with E-state index in [1.165, 1.54) is 11.3 Å². The van der Waals surface area contributed by atoms with Gasteiger partial charge in [0.2, 0.25) is 0 Å². The highest BCUT2D eigenvalue weighted by Gasteiger charge is 2.29. The van der Waals surface area contributed by atoms with Gasteiger partial charge in [-0.2, -0.15) is 0 Å². The molecule has 188 valence electrons. The van der Waals surface area contributed by atoms with Crippen LogP contribution in [0.3, 0.4) is 0 Å². The number of benzene rings is 3. The molecule has 2 heterocycles. The smallest absolute Gasteiger partial charge is 0.275 e. The quantitative estimate of drug-likeness (QED) is 0.349. The number of anilines is 1. The van der Waals surface area contributed by atoms with Gasteiger partial charge in [-0.3, -0.25) is 9.59 Å². The molecular weight excluding hydrogens is 482 g/mol. The van der Waals surface area contributed by atoms with Crippen LogP contribution in [0.2, 0.25) is 0 Å². The molecule has 0 unspecified atom stereocenters. The number of piperidine rings is 1. The second-order valence-corrected chi connectivity index (χ2v) is 10.1. The molecule has 5 rings (SSSR count). The number of para-hydroxylation sites is 1. The fourth-order valence-electron chi connectivity index (χ4n) is 4.71. The second-order valence-electron chi connectivity index (χ2n) is 9.24. The topological polar surface area (TPSA) is 82.5 Å². The van der Waals surface area contributed by atoms with Crippen LogP contribution in [-0.2, 0) is 11.2 Å². The van der Waals surface area contributed by atoms with Crippen molar-refractivity contribution >= 4 is 28.8 Å². The summed E-state index contributed by atoms with van der Waals surface area (Å²) >= 11 is 1.49. The molecule has 2 amide bonds. The number of rotatable bonds is 7. The normalized spacial score (nSPS) is 14.8. The van der Waals surface area contributed by atoms with Gasteiger partial charge in [-0.05, 0) is 30.0 Å². The number of aliphatic hydroxyl groups is 1. The van der Waals surface area contributed by atoms with Crippen molar-refractivity contribution in [2.45, 2.75) is 31.3 Å². The predicted molar refractivity (Wildman–Crippen MR) is 147 cm³/mol. The largest absolute Gasteiger partial charge is 0.383 e. The summed E-state index contributed by atoms with van der Waals surface area (Å²) in [6.45, 7) is 1.14. The number of likely N-dealkylation sites (tertiary alicyclic amines) is 1. The minimum Gasteiger partial charge on any atom is -0.383 e. The molecule has 6 nitrogen and oxygen atoms in total. The minimum atomic E-state index is -1.03. The number of hydrogen-bond donors (Lipinski definition) is 2. The summed E-state index contributed by atoms with van der Waals surface area (Å²) in [7, 11) is 0. The van der Waals surface area contributed by atoms with Gasteiger partial charge in [0.1, 0.15) is 11.8 Å². The predicted octanol–water partition coefficient (Wildman–Crippen LogP) is 5.37. The number of aromatic nitrogens is 1. The van der Waals surface area contributed by atoms with E-state index in [0.29, 0.717) is 25.2 Å². The number of nitrogens with zero attached hydrogens (tertiary/aromatic N) is 2. The van der Waals surface area contributed by atoms with Crippen molar-refractivity contribution in [3.63, 3.8) is 0 Å². The van der Waals surface area contributed by atoms with Crippen LogP contribution in [0.1, 0.15) is 39.8 Å². The summed E-state index contributed by atoms with van der Waals surface area (Å²) in [4.78, 5) is 32.2. The van der Waals surface area contributed by atoms with Crippen LogP contribution in [-0.4, -0.2) is 46.0 Å². The molecule has 1 aliphatic heterocycles. The van der Waals surface area contributed by atoms with E-state index >= 15 is 0 Å². The third-order valence-electron chi connectivity index (χ3n) is 6.73. The molecule has 0 radical (unpaired) electrons. The van der Waals surface area contributed by atoms with Crippen molar-refractivity contribution in [3.8, 4) is 11.1 Å². The van der Waals surface area contributed by atoms with E-state index in [4.69, 9.17) is 0 Å². The Hall–Kier alpha value is -3.81. The highest BCUT2D eigenvalue weighted by Crippen LogP contribution is 2.32. The first-order valence-corrected chi connectivity index (χ1v) is 13.4. The molecule has 0 spiro atoms. The summed E-state index contributed by atoms with van der Waals surface area (Å²) in [6.07, 6.45) is 0.801. The first kappa shape index (κ1) is 24.9. The number of carbonyl (C=O) groups is 2. The van der Waals surface area contributed by atoms with E-state index in [1.807, 2.05) is 84.9 Å². The lowest BCUT2D eigenvalue weighted by Crippen LogP contribution is -2.44. The zero-order valence-corrected chi connectivity index (χ0v) is 21.2. The summed E-state index contributed by atoms with van der Waals surface area (Å²) in [5.74, 6) is -0.264. The van der Waals surface area contributed by atoms with Gasteiger partial charge in [0.25, 0.3) is 11.8 Å². The molecule has 2 N–H and O–H groups in total. The van der Waals surface area contributed by atoms with Crippen molar-refractivity contribution in [2.24, 2.45) is 0 Å². The minimum absolute atomic E-state index is 0.193. The lowest BCUT2D eigenvalue weighted by molar-refractivity contribution is -0.141. The molecule has 4 aromatic rings. The van der Waals surface area contributed by atoms with Gasteiger partial charge in [0.05, 0.1) is 5.01 Å². The number of nitrogens with one attached hydrogen (secondary N) is 1. The fraction of sp³-hybridized carbons (Fsp3) is 0.233. The lowest BCUT2D eigenvalue weighted by Gasteiger charge is -2.32. The number of hydrogen-bond acceptors (Lipinski definition) is 5. The fourth-order valence-corrected chi connectivity index (χ4v) is 5.68. The molecule has 37 heavy (non-hydrogen) atoms. The Morgan fingerprint density at radius 3 is 2.32 bits per heavy atom. The van der Waals surface area contributed by atoms with Crippen LogP contribution in [0.5, 0.6) is 0 Å². The molecule has 1 saturated heterocycles. The SMILES string of the molecule is O=C(Nc1ccccc1-c1ccccc1)c1csc(C2CCN(C(=O)[C@H](O)Cc3ccccc3)CC2)n1. The van der Waals surface area contributed by atoms with Crippen LogP contribution in [0, 0.1) is 0 Å². The van der Waals surface area contributed by atoms with Crippen LogP contribution in [0.4, 0.5) is 5.69 Å². The zero-order valence-electron chi connectivity index (χ0n) is 20.4. The molecular formula is C30H29N3O3S. The van der Waals surface area contributed by atoms with Gasteiger partial charge in [-0.1, -0.05) is 78.9 Å². The van der Waals surface area contributed by atoms with E-state index in [9.17, 15) is 14.7 Å². The third kappa shape index (κ3) is 5.96. The van der Waals surface area contributed by atoms with E-state index < -0.39 is 6.10 Å². The molecule has 1 aromatic heterocycles. The van der Waals surface area contributed by atoms with Crippen LogP contribution in [0.25, 0.3) is 11.1 Å². The van der Waals surface area contributed by atoms with E-state index in [1.54, 1.807) is 10.3 Å². The summed E-state index contributed by atoms with van der Waals surface area (Å²) in [5, 5.41) is 16.2. The van der Waals surface area contributed by atoms with Gasteiger partial charge in [0, 0.05) is 42.1 Å². The third-order valence-corrected chi connectivity index (χ3v) is 7.73. The van der Waals surface area contributed by atoms with Gasteiger partial charge >= 0.3 is 0 Å². The maximum absolute atomic E-state index is 13.0. The van der Waals surface area contributed by atoms with Crippen molar-refractivity contribution in [3.05, 3.63) is 107 Å². The van der Waals surface area contributed by atoms with E-state index in [0.717, 1.165) is 40.2 Å². The number of carbonyl (C=O) groups excluding carboxylic acids is 2. The average Bonchev–Trinajstić information content (AvgIpc) is 3.45. The monoisotopic (exact) mass is 511 g/mol. The molecule has 0 aliphatic carbocycles. The van der Waals surface area contributed by atoms with Crippen molar-refractivity contribution in [1.29, 1.82) is 0 Å². The van der Waals surface area contributed by atoms with Crippen LogP contribution in [0.15, 0.2) is 90.3 Å².